The first-order valence-corrected chi connectivity index (χ1v) is 21.4. The third-order valence-corrected chi connectivity index (χ3v) is 13.2. The SMILES string of the molecule is CC(C)(O)c1cc2nn(C3CCC(N4CCN(C(=O)C5CN(c6cc(F)c([C@H]7CCC(=O)NC7=O)c(F)c6)C5)[C@H](CO)C4)CC3)cc2cc1NC(=O)c1ccc2cc(C#N)cnn12. The molecule has 0 bridgehead atoms. The average molecular weight is 863 g/mol. The molecule has 0 spiro atoms. The molecular formula is C45H48F2N10O6. The number of imide groups is 1. The van der Waals surface area contributed by atoms with Crippen LogP contribution < -0.4 is 15.5 Å². The van der Waals surface area contributed by atoms with Gasteiger partial charge >= 0.3 is 0 Å². The van der Waals surface area contributed by atoms with Gasteiger partial charge in [0.1, 0.15) is 23.4 Å². The summed E-state index contributed by atoms with van der Waals surface area (Å²) in [5.41, 5.74) is 1.53. The maximum atomic E-state index is 15.2. The number of rotatable bonds is 9. The van der Waals surface area contributed by atoms with Gasteiger partial charge in [-0.1, -0.05) is 0 Å². The van der Waals surface area contributed by atoms with Crippen LogP contribution in [0.3, 0.4) is 0 Å². The summed E-state index contributed by atoms with van der Waals surface area (Å²) in [6.07, 6.45) is 6.91. The summed E-state index contributed by atoms with van der Waals surface area (Å²) >= 11 is 0. The van der Waals surface area contributed by atoms with Crippen LogP contribution in [0.2, 0.25) is 0 Å². The molecule has 4 amide bonds. The predicted molar refractivity (Wildman–Crippen MR) is 225 cm³/mol. The van der Waals surface area contributed by atoms with E-state index in [-0.39, 0.29) is 73.5 Å². The van der Waals surface area contributed by atoms with Gasteiger partial charge in [0.2, 0.25) is 17.7 Å². The van der Waals surface area contributed by atoms with E-state index >= 15 is 8.78 Å². The zero-order chi connectivity index (χ0) is 44.3. The number of amides is 4. The topological polar surface area (TPSA) is 201 Å². The number of hydrogen-bond donors (Lipinski definition) is 4. The number of hydrogen-bond acceptors (Lipinski definition) is 11. The zero-order valence-corrected chi connectivity index (χ0v) is 34.9. The van der Waals surface area contributed by atoms with E-state index < -0.39 is 46.8 Å². The molecule has 1 saturated carbocycles. The monoisotopic (exact) mass is 862 g/mol. The van der Waals surface area contributed by atoms with Gasteiger partial charge in [-0.3, -0.25) is 34.1 Å². The molecule has 3 aliphatic heterocycles. The van der Waals surface area contributed by atoms with Crippen LogP contribution in [0.4, 0.5) is 20.2 Å². The minimum Gasteiger partial charge on any atom is -0.394 e. The molecule has 9 rings (SSSR count). The van der Waals surface area contributed by atoms with E-state index in [1.54, 1.807) is 47.9 Å². The third kappa shape index (κ3) is 8.00. The van der Waals surface area contributed by atoms with E-state index in [1.807, 2.05) is 16.9 Å². The highest BCUT2D eigenvalue weighted by atomic mass is 19.1. The predicted octanol–water partition coefficient (Wildman–Crippen LogP) is 3.96. The molecule has 0 unspecified atom stereocenters. The van der Waals surface area contributed by atoms with E-state index in [4.69, 9.17) is 5.10 Å². The molecule has 6 heterocycles. The van der Waals surface area contributed by atoms with Gasteiger partial charge in [0.05, 0.1) is 58.9 Å². The Kier molecular flexibility index (Phi) is 11.0. The first kappa shape index (κ1) is 42.0. The Labute approximate surface area is 361 Å². The van der Waals surface area contributed by atoms with E-state index in [1.165, 1.54) is 22.8 Å². The fourth-order valence-corrected chi connectivity index (χ4v) is 9.79. The molecule has 328 valence electrons. The molecule has 4 aliphatic rings. The van der Waals surface area contributed by atoms with Crippen molar-refractivity contribution in [3.63, 3.8) is 0 Å². The highest BCUT2D eigenvalue weighted by Crippen LogP contribution is 2.38. The number of nitriles is 1. The molecule has 3 saturated heterocycles. The Morgan fingerprint density at radius 1 is 0.984 bits per heavy atom. The third-order valence-electron chi connectivity index (χ3n) is 13.2. The minimum absolute atomic E-state index is 0.00232. The Hall–Kier alpha value is -6.29. The fraction of sp³-hybridized carbons (Fsp3) is 0.444. The van der Waals surface area contributed by atoms with Crippen molar-refractivity contribution in [2.24, 2.45) is 5.92 Å². The van der Waals surface area contributed by atoms with Crippen LogP contribution in [0.5, 0.6) is 0 Å². The first-order chi connectivity index (χ1) is 30.2. The number of nitrogens with one attached hydrogen (secondary N) is 2. The smallest absolute Gasteiger partial charge is 0.274 e. The van der Waals surface area contributed by atoms with Gasteiger partial charge < -0.3 is 25.3 Å². The molecule has 0 radical (unpaired) electrons. The van der Waals surface area contributed by atoms with Crippen molar-refractivity contribution in [1.29, 1.82) is 5.26 Å². The molecule has 5 aromatic rings. The summed E-state index contributed by atoms with van der Waals surface area (Å²) in [6.45, 7) is 5.29. The van der Waals surface area contributed by atoms with Gasteiger partial charge in [0.25, 0.3) is 5.91 Å². The molecule has 18 heteroatoms. The lowest BCUT2D eigenvalue weighted by Gasteiger charge is -2.48. The summed E-state index contributed by atoms with van der Waals surface area (Å²) in [5.74, 6) is -4.92. The van der Waals surface area contributed by atoms with Gasteiger partial charge in [-0.15, -0.1) is 0 Å². The maximum absolute atomic E-state index is 15.2. The summed E-state index contributed by atoms with van der Waals surface area (Å²) in [5, 5.41) is 45.9. The number of nitrogens with zero attached hydrogens (tertiary/aromatic N) is 8. The average Bonchev–Trinajstić information content (AvgIpc) is 3.87. The number of piperidine rings is 1. The standard InChI is InChI=1S/C45H48F2N10O6/c1-45(2,63)34-17-37-26(14-38(34)50-43(61)39-9-7-30-13-25(18-48)19-49-57(30)39)22-56(52-37)29-5-3-28(4-6-29)53-11-12-55(32(23-53)24-58)44(62)27-20-54(21-27)31-15-35(46)41(36(47)16-31)33-8-10-40(59)51-42(33)60/h7,9,13-17,19,22,27-29,32-33,58,63H,3-6,8,10-12,20-21,23-24H2,1-2H3,(H,50,61)(H,51,59,60)/t28?,29?,32-,33+/m0/s1. The summed E-state index contributed by atoms with van der Waals surface area (Å²) in [6, 6.07) is 13.0. The first-order valence-electron chi connectivity index (χ1n) is 21.4. The van der Waals surface area contributed by atoms with E-state index in [0.29, 0.717) is 47.5 Å². The second-order valence-electron chi connectivity index (χ2n) is 17.7. The van der Waals surface area contributed by atoms with Crippen molar-refractivity contribution in [3.8, 4) is 6.07 Å². The molecule has 4 fully saturated rings. The van der Waals surface area contributed by atoms with Crippen LogP contribution in [0.15, 0.2) is 54.9 Å². The van der Waals surface area contributed by atoms with Crippen molar-refractivity contribution in [2.45, 2.75) is 82.0 Å². The number of aromatic nitrogens is 4. The molecule has 3 aromatic heterocycles. The van der Waals surface area contributed by atoms with Crippen molar-refractivity contribution >= 4 is 51.4 Å². The molecule has 1 aliphatic carbocycles. The van der Waals surface area contributed by atoms with Crippen molar-refractivity contribution in [3.05, 3.63) is 88.9 Å². The Balaban J connectivity index is 0.802. The maximum Gasteiger partial charge on any atom is 0.274 e. The lowest BCUT2D eigenvalue weighted by molar-refractivity contribution is -0.143. The molecular weight excluding hydrogens is 815 g/mol. The number of aliphatic hydroxyl groups excluding tert-OH is 1. The lowest BCUT2D eigenvalue weighted by Crippen LogP contribution is -2.63. The van der Waals surface area contributed by atoms with Gasteiger partial charge in [-0.05, 0) is 88.4 Å². The molecule has 16 nitrogen and oxygen atoms in total. The number of carbonyl (C=O) groups excluding carboxylic acids is 4. The zero-order valence-electron chi connectivity index (χ0n) is 34.9. The van der Waals surface area contributed by atoms with Gasteiger partial charge in [-0.25, -0.2) is 13.3 Å². The van der Waals surface area contributed by atoms with E-state index in [0.717, 1.165) is 31.1 Å². The largest absolute Gasteiger partial charge is 0.394 e. The fourth-order valence-electron chi connectivity index (χ4n) is 9.79. The second-order valence-corrected chi connectivity index (χ2v) is 17.7. The Bertz CT molecular complexity index is 2670. The highest BCUT2D eigenvalue weighted by molar-refractivity contribution is 6.05. The van der Waals surface area contributed by atoms with Crippen molar-refractivity contribution in [1.82, 2.24) is 34.5 Å². The number of carbonyl (C=O) groups is 4. The quantitative estimate of drug-likeness (QED) is 0.156. The Morgan fingerprint density at radius 2 is 1.71 bits per heavy atom. The summed E-state index contributed by atoms with van der Waals surface area (Å²) in [4.78, 5) is 56.9. The number of fused-ring (bicyclic) bond motifs is 2. The van der Waals surface area contributed by atoms with Crippen LogP contribution in [0.1, 0.15) is 91.5 Å². The van der Waals surface area contributed by atoms with Crippen LogP contribution in [-0.4, -0.2) is 114 Å². The van der Waals surface area contributed by atoms with E-state index in [2.05, 4.69) is 26.7 Å². The minimum atomic E-state index is -1.30. The molecule has 2 atom stereocenters. The number of anilines is 2. The lowest BCUT2D eigenvalue weighted by atomic mass is 9.88. The van der Waals surface area contributed by atoms with Crippen LogP contribution in [-0.2, 0) is 20.0 Å². The van der Waals surface area contributed by atoms with E-state index in [9.17, 15) is 34.7 Å². The highest BCUT2D eigenvalue weighted by Gasteiger charge is 2.42. The van der Waals surface area contributed by atoms with Gasteiger partial charge in [0, 0.05) is 79.3 Å². The van der Waals surface area contributed by atoms with Gasteiger partial charge in [-0.2, -0.15) is 15.5 Å². The van der Waals surface area contributed by atoms with Crippen LogP contribution >= 0.6 is 0 Å². The van der Waals surface area contributed by atoms with Crippen molar-refractivity contribution < 1.29 is 38.2 Å². The van der Waals surface area contributed by atoms with Gasteiger partial charge in [0.15, 0.2) is 0 Å². The van der Waals surface area contributed by atoms with Crippen molar-refractivity contribution in [2.75, 3.05) is 49.5 Å². The summed E-state index contributed by atoms with van der Waals surface area (Å²) in [7, 11) is 0. The normalized spacial score (nSPS) is 22.6. The number of benzene rings is 2. The number of halogens is 2. The molecule has 2 aromatic carbocycles. The summed E-state index contributed by atoms with van der Waals surface area (Å²) < 4.78 is 33.8. The second kappa shape index (κ2) is 16.4. The molecule has 63 heavy (non-hydrogen) atoms. The molecule has 4 N–H and O–H groups in total. The number of piperazine rings is 1. The van der Waals surface area contributed by atoms with Crippen LogP contribution in [0.25, 0.3) is 16.4 Å². The Morgan fingerprint density at radius 3 is 2.40 bits per heavy atom. The number of aliphatic hydroxyl groups is 2. The van der Waals surface area contributed by atoms with Crippen LogP contribution in [0, 0.1) is 28.9 Å².